The van der Waals surface area contributed by atoms with Crippen molar-refractivity contribution in [3.05, 3.63) is 24.5 Å². The molecule has 8 nitrogen and oxygen atoms in total. The number of benzene rings is 1. The molecule has 0 radical (unpaired) electrons. The molecule has 29 heavy (non-hydrogen) atoms. The van der Waals surface area contributed by atoms with Gasteiger partial charge in [0.15, 0.2) is 0 Å². The third-order valence-electron chi connectivity index (χ3n) is 5.56. The predicted octanol–water partition coefficient (Wildman–Crippen LogP) is 2.94. The average molecular weight is 399 g/mol. The van der Waals surface area contributed by atoms with Crippen LogP contribution >= 0.6 is 0 Å². The topological polar surface area (TPSA) is 88.6 Å². The first kappa shape index (κ1) is 19.7. The molecule has 1 aliphatic heterocycles. The molecule has 1 amide bonds. The van der Waals surface area contributed by atoms with Crippen molar-refractivity contribution >= 4 is 28.5 Å². The fourth-order valence-corrected chi connectivity index (χ4v) is 4.06. The van der Waals surface area contributed by atoms with Crippen LogP contribution in [0.3, 0.4) is 0 Å². The molecule has 0 bridgehead atoms. The molecule has 8 heteroatoms. The van der Waals surface area contributed by atoms with Crippen molar-refractivity contribution in [2.75, 3.05) is 43.1 Å². The quantitative estimate of drug-likeness (QED) is 0.799. The van der Waals surface area contributed by atoms with Crippen LogP contribution in [-0.4, -0.2) is 61.1 Å². The van der Waals surface area contributed by atoms with Gasteiger partial charge in [-0.3, -0.25) is 9.97 Å². The molecule has 0 atom stereocenters. The number of morpholine rings is 1. The van der Waals surface area contributed by atoms with E-state index >= 15 is 0 Å². The number of hydrogen-bond acceptors (Lipinski definition) is 7. The van der Waals surface area contributed by atoms with Gasteiger partial charge in [-0.15, -0.1) is 0 Å². The first-order chi connectivity index (χ1) is 14.2. The van der Waals surface area contributed by atoms with Crippen molar-refractivity contribution in [1.29, 1.82) is 0 Å². The van der Waals surface area contributed by atoms with Crippen molar-refractivity contribution in [3.8, 4) is 0 Å². The minimum Gasteiger partial charge on any atom is -0.446 e. The Hall–Kier alpha value is -2.61. The van der Waals surface area contributed by atoms with E-state index in [1.807, 2.05) is 6.92 Å². The minimum absolute atomic E-state index is 0.00387. The van der Waals surface area contributed by atoms with Crippen molar-refractivity contribution < 1.29 is 14.3 Å². The molecule has 2 fully saturated rings. The Bertz CT molecular complexity index is 832. The molecule has 1 saturated heterocycles. The van der Waals surface area contributed by atoms with Crippen molar-refractivity contribution in [2.45, 2.75) is 44.8 Å². The third kappa shape index (κ3) is 4.87. The van der Waals surface area contributed by atoms with E-state index in [9.17, 15) is 4.79 Å². The Balaban J connectivity index is 1.45. The van der Waals surface area contributed by atoms with Crippen molar-refractivity contribution in [1.82, 2.24) is 15.3 Å². The molecule has 2 aliphatic rings. The van der Waals surface area contributed by atoms with E-state index in [2.05, 4.69) is 37.6 Å². The largest absolute Gasteiger partial charge is 0.446 e. The fourth-order valence-electron chi connectivity index (χ4n) is 4.06. The van der Waals surface area contributed by atoms with Crippen molar-refractivity contribution in [2.24, 2.45) is 0 Å². The summed E-state index contributed by atoms with van der Waals surface area (Å²) in [5.41, 5.74) is 3.96. The van der Waals surface area contributed by atoms with Gasteiger partial charge in [0.25, 0.3) is 0 Å². The van der Waals surface area contributed by atoms with Gasteiger partial charge < -0.3 is 25.0 Å². The zero-order chi connectivity index (χ0) is 20.1. The van der Waals surface area contributed by atoms with E-state index in [1.165, 1.54) is 0 Å². The van der Waals surface area contributed by atoms with Crippen molar-refractivity contribution in [3.63, 3.8) is 0 Å². The summed E-state index contributed by atoms with van der Waals surface area (Å²) < 4.78 is 11.0. The molecular weight excluding hydrogens is 370 g/mol. The van der Waals surface area contributed by atoms with Gasteiger partial charge >= 0.3 is 6.09 Å². The monoisotopic (exact) mass is 399 g/mol. The molecule has 2 N–H and O–H groups in total. The lowest BCUT2D eigenvalue weighted by atomic mass is 9.92. The summed E-state index contributed by atoms with van der Waals surface area (Å²) in [5.74, 6) is 0. The first-order valence-corrected chi connectivity index (χ1v) is 10.5. The summed E-state index contributed by atoms with van der Waals surface area (Å²) >= 11 is 0. The van der Waals surface area contributed by atoms with Crippen LogP contribution in [0.2, 0.25) is 0 Å². The number of hydrogen-bond donors (Lipinski definition) is 2. The van der Waals surface area contributed by atoms with Gasteiger partial charge in [-0.2, -0.15) is 0 Å². The van der Waals surface area contributed by atoms with E-state index in [4.69, 9.17) is 9.47 Å². The maximum atomic E-state index is 11.6. The summed E-state index contributed by atoms with van der Waals surface area (Å²) in [5, 5.41) is 6.38. The molecule has 1 saturated carbocycles. The second kappa shape index (κ2) is 9.26. The van der Waals surface area contributed by atoms with Gasteiger partial charge in [-0.1, -0.05) is 0 Å². The number of alkyl carbamates (subject to hydrolysis) is 1. The minimum atomic E-state index is -0.316. The Morgan fingerprint density at radius 1 is 1.17 bits per heavy atom. The van der Waals surface area contributed by atoms with E-state index in [1.54, 1.807) is 12.4 Å². The van der Waals surface area contributed by atoms with Crippen LogP contribution in [0.15, 0.2) is 24.5 Å². The number of anilines is 2. The van der Waals surface area contributed by atoms with Gasteiger partial charge in [-0.25, -0.2) is 4.79 Å². The zero-order valence-electron chi connectivity index (χ0n) is 16.9. The number of nitrogens with one attached hydrogen (secondary N) is 2. The number of ether oxygens (including phenoxy) is 2. The highest BCUT2D eigenvalue weighted by atomic mass is 16.6. The smallest absolute Gasteiger partial charge is 0.407 e. The molecule has 1 aromatic carbocycles. The third-order valence-corrected chi connectivity index (χ3v) is 5.56. The maximum Gasteiger partial charge on any atom is 0.407 e. The molecular formula is C21H29N5O3. The van der Waals surface area contributed by atoms with Crippen LogP contribution in [0.5, 0.6) is 0 Å². The lowest BCUT2D eigenvalue weighted by Gasteiger charge is -2.31. The van der Waals surface area contributed by atoms with Gasteiger partial charge in [0, 0.05) is 43.8 Å². The van der Waals surface area contributed by atoms with Gasteiger partial charge in [-0.05, 0) is 44.7 Å². The number of nitrogens with zero attached hydrogens (tertiary/aromatic N) is 3. The van der Waals surface area contributed by atoms with Crippen LogP contribution in [0.4, 0.5) is 16.2 Å². The summed E-state index contributed by atoms with van der Waals surface area (Å²) in [6.45, 7) is 5.73. The lowest BCUT2D eigenvalue weighted by molar-refractivity contribution is 0.0736. The molecule has 2 heterocycles. The summed E-state index contributed by atoms with van der Waals surface area (Å²) in [6.07, 6.45) is 6.78. The number of carbonyl (C=O) groups is 1. The molecule has 1 aliphatic carbocycles. The number of fused-ring (bicyclic) bond motifs is 1. The highest BCUT2D eigenvalue weighted by molar-refractivity contribution is 5.91. The van der Waals surface area contributed by atoms with Crippen LogP contribution in [0.1, 0.15) is 32.6 Å². The van der Waals surface area contributed by atoms with Crippen LogP contribution in [0.25, 0.3) is 11.0 Å². The Morgan fingerprint density at radius 3 is 2.69 bits per heavy atom. The molecule has 156 valence electrons. The van der Waals surface area contributed by atoms with E-state index < -0.39 is 0 Å². The van der Waals surface area contributed by atoms with E-state index in [0.29, 0.717) is 12.6 Å². The number of aromatic nitrogens is 2. The highest BCUT2D eigenvalue weighted by Gasteiger charge is 2.25. The normalized spacial score (nSPS) is 22.3. The van der Waals surface area contributed by atoms with Crippen LogP contribution in [-0.2, 0) is 9.47 Å². The summed E-state index contributed by atoms with van der Waals surface area (Å²) in [4.78, 5) is 23.1. The SMILES string of the molecule is CCNC(=O)OC1CCC(Nc2cc(N3CCOCC3)cc3nccnc23)CC1. The number of rotatable bonds is 5. The molecule has 1 aromatic heterocycles. The molecule has 0 unspecified atom stereocenters. The number of carbonyl (C=O) groups excluding carboxylic acids is 1. The van der Waals surface area contributed by atoms with Crippen LogP contribution in [0, 0.1) is 0 Å². The lowest BCUT2D eigenvalue weighted by Crippen LogP contribution is -2.36. The molecule has 2 aromatic rings. The number of amides is 1. The standard InChI is InChI=1S/C21H29N5O3/c1-2-22-21(27)29-17-5-3-15(4-6-17)25-19-14-16(26-9-11-28-12-10-26)13-18-20(19)24-8-7-23-18/h7-8,13-15,17,25H,2-6,9-12H2,1H3,(H,22,27). The van der Waals surface area contributed by atoms with Crippen LogP contribution < -0.4 is 15.5 Å². The Labute approximate surface area is 171 Å². The Kier molecular flexibility index (Phi) is 6.29. The molecule has 0 spiro atoms. The second-order valence-electron chi connectivity index (χ2n) is 7.57. The first-order valence-electron chi connectivity index (χ1n) is 10.5. The summed E-state index contributed by atoms with van der Waals surface area (Å²) in [6, 6.07) is 4.62. The maximum absolute atomic E-state index is 11.6. The average Bonchev–Trinajstić information content (AvgIpc) is 2.76. The predicted molar refractivity (Wildman–Crippen MR) is 112 cm³/mol. The molecule has 4 rings (SSSR count). The van der Waals surface area contributed by atoms with E-state index in [0.717, 1.165) is 74.4 Å². The summed E-state index contributed by atoms with van der Waals surface area (Å²) in [7, 11) is 0. The second-order valence-corrected chi connectivity index (χ2v) is 7.57. The Morgan fingerprint density at radius 2 is 1.93 bits per heavy atom. The van der Waals surface area contributed by atoms with Gasteiger partial charge in [0.2, 0.25) is 0 Å². The van der Waals surface area contributed by atoms with Gasteiger partial charge in [0.05, 0.1) is 24.4 Å². The highest BCUT2D eigenvalue weighted by Crippen LogP contribution is 2.31. The van der Waals surface area contributed by atoms with Gasteiger partial charge in [0.1, 0.15) is 11.6 Å². The van der Waals surface area contributed by atoms with E-state index in [-0.39, 0.29) is 12.2 Å². The zero-order valence-corrected chi connectivity index (χ0v) is 16.9. The fraction of sp³-hybridized carbons (Fsp3) is 0.571.